The third kappa shape index (κ3) is 2.22. The second kappa shape index (κ2) is 5.04. The summed E-state index contributed by atoms with van der Waals surface area (Å²) >= 11 is 0. The van der Waals surface area contributed by atoms with Gasteiger partial charge in [0.05, 0.1) is 5.56 Å². The zero-order valence-electron chi connectivity index (χ0n) is 11.4. The summed E-state index contributed by atoms with van der Waals surface area (Å²) in [5, 5.41) is 19.8. The van der Waals surface area contributed by atoms with Gasteiger partial charge in [0, 0.05) is 22.2 Å². The molecule has 4 N–H and O–H groups in total. The predicted molar refractivity (Wildman–Crippen MR) is 82.4 cm³/mol. The van der Waals surface area contributed by atoms with Crippen molar-refractivity contribution in [2.24, 2.45) is 0 Å². The molecule has 3 aromatic carbocycles. The molecule has 0 bridgehead atoms. The molecule has 0 fully saturated rings. The minimum Gasteiger partial charge on any atom is -0.508 e. The molecule has 0 spiro atoms. The van der Waals surface area contributed by atoms with Crippen LogP contribution >= 0.6 is 0 Å². The molecule has 0 saturated carbocycles. The van der Waals surface area contributed by atoms with Crippen LogP contribution in [0.3, 0.4) is 0 Å². The van der Waals surface area contributed by atoms with Gasteiger partial charge in [0.2, 0.25) is 0 Å². The number of carboxylic acid groups (broad SMARTS) is 1. The molecule has 0 heterocycles. The predicted octanol–water partition coefficient (Wildman–Crippen LogP) is 3.63. The number of phenols is 1. The van der Waals surface area contributed by atoms with Gasteiger partial charge in [0.1, 0.15) is 11.6 Å². The van der Waals surface area contributed by atoms with Crippen molar-refractivity contribution >= 4 is 22.4 Å². The number of benzene rings is 3. The van der Waals surface area contributed by atoms with E-state index in [9.17, 15) is 14.3 Å². The average Bonchev–Trinajstić information content (AvgIpc) is 2.48. The zero-order valence-corrected chi connectivity index (χ0v) is 11.4. The molecule has 0 radical (unpaired) electrons. The second-order valence-corrected chi connectivity index (χ2v) is 4.93. The normalized spacial score (nSPS) is 10.8. The van der Waals surface area contributed by atoms with E-state index in [1.54, 1.807) is 24.3 Å². The van der Waals surface area contributed by atoms with Crippen LogP contribution in [0.15, 0.2) is 48.5 Å². The Kier molecular flexibility index (Phi) is 3.18. The molecule has 0 aliphatic rings. The molecule has 0 amide bonds. The number of fused-ring (bicyclic) bond motifs is 1. The van der Waals surface area contributed by atoms with Crippen molar-refractivity contribution < 1.29 is 19.4 Å². The summed E-state index contributed by atoms with van der Waals surface area (Å²) in [4.78, 5) is 10.9. The van der Waals surface area contributed by atoms with Crippen molar-refractivity contribution in [1.82, 2.24) is 0 Å². The molecule has 4 nitrogen and oxygen atoms in total. The molecule has 3 rings (SSSR count). The SMILES string of the molecule is Nc1c(-c2ccc(C(=O)O)cc2F)ccc2cc(O)ccc12. The maximum atomic E-state index is 14.2. The number of anilines is 1. The first-order valence-corrected chi connectivity index (χ1v) is 6.52. The molecule has 0 saturated heterocycles. The number of hydrogen-bond donors (Lipinski definition) is 3. The van der Waals surface area contributed by atoms with Gasteiger partial charge >= 0.3 is 5.97 Å². The quantitative estimate of drug-likeness (QED) is 0.631. The van der Waals surface area contributed by atoms with Gasteiger partial charge < -0.3 is 15.9 Å². The number of nitrogens with two attached hydrogens (primary N) is 1. The molecule has 5 heteroatoms. The first-order valence-electron chi connectivity index (χ1n) is 6.52. The maximum absolute atomic E-state index is 14.2. The Morgan fingerprint density at radius 1 is 1.00 bits per heavy atom. The van der Waals surface area contributed by atoms with Gasteiger partial charge in [-0.05, 0) is 35.7 Å². The van der Waals surface area contributed by atoms with Crippen molar-refractivity contribution in [3.05, 3.63) is 59.9 Å². The Labute approximate surface area is 125 Å². The number of carbonyl (C=O) groups is 1. The van der Waals surface area contributed by atoms with Gasteiger partial charge in [-0.25, -0.2) is 9.18 Å². The van der Waals surface area contributed by atoms with Crippen LogP contribution in [0.2, 0.25) is 0 Å². The number of hydrogen-bond acceptors (Lipinski definition) is 3. The Morgan fingerprint density at radius 3 is 2.41 bits per heavy atom. The molecule has 0 aromatic heterocycles. The number of rotatable bonds is 2. The largest absolute Gasteiger partial charge is 0.508 e. The second-order valence-electron chi connectivity index (χ2n) is 4.93. The first-order chi connectivity index (χ1) is 10.5. The summed E-state index contributed by atoms with van der Waals surface area (Å²) in [6.07, 6.45) is 0. The van der Waals surface area contributed by atoms with Crippen LogP contribution in [-0.2, 0) is 0 Å². The van der Waals surface area contributed by atoms with Crippen LogP contribution < -0.4 is 5.73 Å². The lowest BCUT2D eigenvalue weighted by molar-refractivity contribution is 0.0696. The third-order valence-corrected chi connectivity index (χ3v) is 3.55. The Bertz CT molecular complexity index is 906. The summed E-state index contributed by atoms with van der Waals surface area (Å²) in [6.45, 7) is 0. The number of carboxylic acids is 1. The fourth-order valence-corrected chi connectivity index (χ4v) is 2.44. The van der Waals surface area contributed by atoms with Crippen molar-refractivity contribution in [2.75, 3.05) is 5.73 Å². The molecular weight excluding hydrogens is 285 g/mol. The van der Waals surface area contributed by atoms with Crippen molar-refractivity contribution in [1.29, 1.82) is 0 Å². The van der Waals surface area contributed by atoms with Gasteiger partial charge in [0.15, 0.2) is 0 Å². The fraction of sp³-hybridized carbons (Fsp3) is 0. The summed E-state index contributed by atoms with van der Waals surface area (Å²) in [7, 11) is 0. The monoisotopic (exact) mass is 297 g/mol. The summed E-state index contributed by atoms with van der Waals surface area (Å²) in [6, 6.07) is 11.8. The van der Waals surface area contributed by atoms with Crippen molar-refractivity contribution in [3.8, 4) is 16.9 Å². The topological polar surface area (TPSA) is 83.6 Å². The molecular formula is C17H12FNO3. The first kappa shape index (κ1) is 13.9. The Hall–Kier alpha value is -3.08. The van der Waals surface area contributed by atoms with Crippen LogP contribution in [0.25, 0.3) is 21.9 Å². The van der Waals surface area contributed by atoms with Gasteiger partial charge in [-0.3, -0.25) is 0 Å². The molecule has 22 heavy (non-hydrogen) atoms. The smallest absolute Gasteiger partial charge is 0.335 e. The van der Waals surface area contributed by atoms with E-state index in [1.165, 1.54) is 18.2 Å². The Morgan fingerprint density at radius 2 is 1.73 bits per heavy atom. The lowest BCUT2D eigenvalue weighted by Crippen LogP contribution is -1.99. The third-order valence-electron chi connectivity index (χ3n) is 3.55. The fourth-order valence-electron chi connectivity index (χ4n) is 2.44. The van der Waals surface area contributed by atoms with Crippen molar-refractivity contribution in [2.45, 2.75) is 0 Å². The maximum Gasteiger partial charge on any atom is 0.335 e. The summed E-state index contributed by atoms with van der Waals surface area (Å²) < 4.78 is 14.2. The van der Waals surface area contributed by atoms with Crippen LogP contribution in [0.1, 0.15) is 10.4 Å². The lowest BCUT2D eigenvalue weighted by atomic mass is 9.97. The van der Waals surface area contributed by atoms with Crippen molar-refractivity contribution in [3.63, 3.8) is 0 Å². The van der Waals surface area contributed by atoms with E-state index in [-0.39, 0.29) is 16.9 Å². The van der Waals surface area contributed by atoms with E-state index in [4.69, 9.17) is 10.8 Å². The lowest BCUT2D eigenvalue weighted by Gasteiger charge is -2.11. The standard InChI is InChI=1S/C17H12FNO3/c18-15-8-10(17(21)22)2-4-13(15)14-5-1-9-7-11(20)3-6-12(9)16(14)19/h1-8,20H,19H2,(H,21,22). The molecule has 110 valence electrons. The van der Waals surface area contributed by atoms with E-state index < -0.39 is 11.8 Å². The number of nitrogen functional groups attached to an aromatic ring is 1. The highest BCUT2D eigenvalue weighted by atomic mass is 19.1. The highest BCUT2D eigenvalue weighted by Crippen LogP contribution is 2.35. The summed E-state index contributed by atoms with van der Waals surface area (Å²) in [5.74, 6) is -1.71. The molecule has 0 aliphatic carbocycles. The van der Waals surface area contributed by atoms with E-state index in [0.29, 0.717) is 16.6 Å². The number of phenolic OH excluding ortho intramolecular Hbond substituents is 1. The number of halogens is 1. The molecule has 0 aliphatic heterocycles. The highest BCUT2D eigenvalue weighted by molar-refractivity contribution is 6.01. The van der Waals surface area contributed by atoms with E-state index in [2.05, 4.69) is 0 Å². The zero-order chi connectivity index (χ0) is 15.9. The minimum absolute atomic E-state index is 0.120. The van der Waals surface area contributed by atoms with E-state index in [1.807, 2.05) is 0 Å². The molecule has 0 atom stereocenters. The van der Waals surface area contributed by atoms with Crippen LogP contribution in [0, 0.1) is 5.82 Å². The van der Waals surface area contributed by atoms with Gasteiger partial charge in [0.25, 0.3) is 0 Å². The van der Waals surface area contributed by atoms with E-state index in [0.717, 1.165) is 11.5 Å². The average molecular weight is 297 g/mol. The van der Waals surface area contributed by atoms with Gasteiger partial charge in [-0.2, -0.15) is 0 Å². The molecule has 3 aromatic rings. The van der Waals surface area contributed by atoms with Crippen LogP contribution in [0.4, 0.5) is 10.1 Å². The number of aromatic hydroxyl groups is 1. The highest BCUT2D eigenvalue weighted by Gasteiger charge is 2.13. The van der Waals surface area contributed by atoms with Gasteiger partial charge in [-0.15, -0.1) is 0 Å². The summed E-state index contributed by atoms with van der Waals surface area (Å²) in [5.41, 5.74) is 7.07. The van der Waals surface area contributed by atoms with E-state index >= 15 is 0 Å². The minimum atomic E-state index is -1.19. The Balaban J connectivity index is 2.20. The van der Waals surface area contributed by atoms with Gasteiger partial charge in [-0.1, -0.05) is 18.2 Å². The van der Waals surface area contributed by atoms with Crippen LogP contribution in [0.5, 0.6) is 5.75 Å². The van der Waals surface area contributed by atoms with Crippen LogP contribution in [-0.4, -0.2) is 16.2 Å². The number of aromatic carboxylic acids is 1. The molecule has 0 unspecified atom stereocenters.